The Balaban J connectivity index is 1.67. The number of likely N-dealkylation sites (tertiary alicyclic amines) is 1. The first-order valence-corrected chi connectivity index (χ1v) is 10.8. The summed E-state index contributed by atoms with van der Waals surface area (Å²) in [6, 6.07) is 12.6. The number of piperidine rings is 1. The van der Waals surface area contributed by atoms with Gasteiger partial charge in [0.2, 0.25) is 5.91 Å². The number of anilines is 1. The SMILES string of the molecule is C=C(C)[C@@H](NC(=O)c1ccccc1NC(N)=O)C(=O)N1CCC(c2ccc(Cl)cc2)CC1. The Morgan fingerprint density at radius 1 is 1.09 bits per heavy atom. The van der Waals surface area contributed by atoms with Crippen molar-refractivity contribution in [3.63, 3.8) is 0 Å². The smallest absolute Gasteiger partial charge is 0.316 e. The Kier molecular flexibility index (Phi) is 7.53. The third kappa shape index (κ3) is 5.68. The summed E-state index contributed by atoms with van der Waals surface area (Å²) in [6.45, 7) is 6.78. The van der Waals surface area contributed by atoms with Crippen molar-refractivity contribution in [1.29, 1.82) is 0 Å². The van der Waals surface area contributed by atoms with Crippen LogP contribution in [-0.4, -0.2) is 41.9 Å². The standard InChI is InChI=1S/C24H27ClN4O3/c1-15(2)21(28-22(30)19-5-3-4-6-20(19)27-24(26)32)23(31)29-13-11-17(12-14-29)16-7-9-18(25)10-8-16/h3-10,17,21H,1,11-14H2,2H3,(H,28,30)(H3,26,27,32)/t21-/m1/s1. The summed E-state index contributed by atoms with van der Waals surface area (Å²) < 4.78 is 0. The minimum Gasteiger partial charge on any atom is -0.351 e. The van der Waals surface area contributed by atoms with Crippen LogP contribution in [0, 0.1) is 0 Å². The topological polar surface area (TPSA) is 105 Å². The molecule has 1 atom stereocenters. The molecule has 1 fully saturated rings. The highest BCUT2D eigenvalue weighted by atomic mass is 35.5. The maximum atomic E-state index is 13.2. The quantitative estimate of drug-likeness (QED) is 0.576. The summed E-state index contributed by atoms with van der Waals surface area (Å²) in [7, 11) is 0. The molecule has 7 nitrogen and oxygen atoms in total. The van der Waals surface area contributed by atoms with Gasteiger partial charge in [-0.1, -0.05) is 42.4 Å². The number of halogens is 1. The van der Waals surface area contributed by atoms with Gasteiger partial charge in [0.25, 0.3) is 5.91 Å². The van der Waals surface area contributed by atoms with Crippen LogP contribution in [0.4, 0.5) is 10.5 Å². The van der Waals surface area contributed by atoms with Crippen LogP contribution in [0.15, 0.2) is 60.7 Å². The van der Waals surface area contributed by atoms with Crippen molar-refractivity contribution in [2.75, 3.05) is 18.4 Å². The van der Waals surface area contributed by atoms with Crippen LogP contribution in [0.3, 0.4) is 0 Å². The number of benzene rings is 2. The Labute approximate surface area is 192 Å². The Bertz CT molecular complexity index is 1010. The number of nitrogens with one attached hydrogen (secondary N) is 2. The molecule has 32 heavy (non-hydrogen) atoms. The highest BCUT2D eigenvalue weighted by Gasteiger charge is 2.31. The lowest BCUT2D eigenvalue weighted by Gasteiger charge is -2.35. The Morgan fingerprint density at radius 3 is 2.31 bits per heavy atom. The minimum atomic E-state index is -0.865. The third-order valence-corrected chi connectivity index (χ3v) is 5.84. The van der Waals surface area contributed by atoms with Crippen LogP contribution in [-0.2, 0) is 4.79 Å². The minimum absolute atomic E-state index is 0.194. The zero-order chi connectivity index (χ0) is 23.3. The van der Waals surface area contributed by atoms with E-state index in [1.54, 1.807) is 36.1 Å². The number of rotatable bonds is 6. The molecule has 0 bridgehead atoms. The first-order chi connectivity index (χ1) is 15.3. The molecule has 4 amide bonds. The second kappa shape index (κ2) is 10.3. The van der Waals surface area contributed by atoms with E-state index in [-0.39, 0.29) is 17.2 Å². The van der Waals surface area contributed by atoms with Crippen molar-refractivity contribution in [3.05, 3.63) is 76.8 Å². The van der Waals surface area contributed by atoms with E-state index >= 15 is 0 Å². The van der Waals surface area contributed by atoms with E-state index in [9.17, 15) is 14.4 Å². The molecule has 168 valence electrons. The van der Waals surface area contributed by atoms with Crippen molar-refractivity contribution in [2.45, 2.75) is 31.7 Å². The van der Waals surface area contributed by atoms with E-state index in [4.69, 9.17) is 17.3 Å². The largest absolute Gasteiger partial charge is 0.351 e. The van der Waals surface area contributed by atoms with Crippen LogP contribution in [0.25, 0.3) is 0 Å². The van der Waals surface area contributed by atoms with Gasteiger partial charge in [-0.3, -0.25) is 9.59 Å². The fraction of sp³-hybridized carbons (Fsp3) is 0.292. The predicted molar refractivity (Wildman–Crippen MR) is 126 cm³/mol. The molecule has 1 heterocycles. The normalized spacial score (nSPS) is 15.0. The summed E-state index contributed by atoms with van der Waals surface area (Å²) in [5.74, 6) is -0.326. The summed E-state index contributed by atoms with van der Waals surface area (Å²) in [5.41, 5.74) is 7.42. The number of amides is 4. The summed E-state index contributed by atoms with van der Waals surface area (Å²) in [5, 5.41) is 5.88. The lowest BCUT2D eigenvalue weighted by Crippen LogP contribution is -2.51. The van der Waals surface area contributed by atoms with Gasteiger partial charge in [0.05, 0.1) is 11.3 Å². The van der Waals surface area contributed by atoms with Gasteiger partial charge in [-0.05, 0) is 61.1 Å². The first-order valence-electron chi connectivity index (χ1n) is 10.4. The average molecular weight is 455 g/mol. The molecule has 0 spiro atoms. The number of hydrogen-bond donors (Lipinski definition) is 3. The molecule has 3 rings (SSSR count). The van der Waals surface area contributed by atoms with E-state index < -0.39 is 18.0 Å². The number of para-hydroxylation sites is 1. The molecule has 0 aromatic heterocycles. The van der Waals surface area contributed by atoms with Gasteiger partial charge < -0.3 is 21.3 Å². The van der Waals surface area contributed by atoms with Crippen LogP contribution < -0.4 is 16.4 Å². The van der Waals surface area contributed by atoms with E-state index in [2.05, 4.69) is 17.2 Å². The van der Waals surface area contributed by atoms with Gasteiger partial charge in [0.15, 0.2) is 0 Å². The summed E-state index contributed by atoms with van der Waals surface area (Å²) in [4.78, 5) is 39.1. The monoisotopic (exact) mass is 454 g/mol. The number of primary amides is 1. The molecule has 8 heteroatoms. The first kappa shape index (κ1) is 23.3. The van der Waals surface area contributed by atoms with Gasteiger partial charge in [-0.15, -0.1) is 0 Å². The van der Waals surface area contributed by atoms with E-state index in [1.165, 1.54) is 5.56 Å². The Hall–Kier alpha value is -3.32. The number of nitrogens with zero attached hydrogens (tertiary/aromatic N) is 1. The molecule has 0 aliphatic carbocycles. The van der Waals surface area contributed by atoms with Gasteiger partial charge in [-0.2, -0.15) is 0 Å². The van der Waals surface area contributed by atoms with Crippen molar-refractivity contribution >= 4 is 35.1 Å². The van der Waals surface area contributed by atoms with E-state index in [0.29, 0.717) is 29.6 Å². The fourth-order valence-corrected chi connectivity index (χ4v) is 4.00. The van der Waals surface area contributed by atoms with Crippen molar-refractivity contribution in [3.8, 4) is 0 Å². The highest BCUT2D eigenvalue weighted by Crippen LogP contribution is 2.29. The van der Waals surface area contributed by atoms with Crippen LogP contribution >= 0.6 is 11.6 Å². The molecule has 0 radical (unpaired) electrons. The average Bonchev–Trinajstić information content (AvgIpc) is 2.77. The third-order valence-electron chi connectivity index (χ3n) is 5.59. The van der Waals surface area contributed by atoms with Gasteiger partial charge in [-0.25, -0.2) is 4.79 Å². The number of urea groups is 1. The maximum absolute atomic E-state index is 13.2. The number of nitrogens with two attached hydrogens (primary N) is 1. The zero-order valence-corrected chi connectivity index (χ0v) is 18.7. The molecule has 1 aliphatic rings. The molecule has 4 N–H and O–H groups in total. The van der Waals surface area contributed by atoms with Crippen LogP contribution in [0.5, 0.6) is 0 Å². The molecule has 2 aromatic rings. The highest BCUT2D eigenvalue weighted by molar-refractivity contribution is 6.30. The lowest BCUT2D eigenvalue weighted by atomic mass is 9.89. The molecular weight excluding hydrogens is 428 g/mol. The van der Waals surface area contributed by atoms with Crippen molar-refractivity contribution in [1.82, 2.24) is 10.2 Å². The molecule has 2 aromatic carbocycles. The molecule has 1 aliphatic heterocycles. The van der Waals surface area contributed by atoms with Gasteiger partial charge in [0, 0.05) is 18.1 Å². The predicted octanol–water partition coefficient (Wildman–Crippen LogP) is 3.91. The molecule has 1 saturated heterocycles. The summed E-state index contributed by atoms with van der Waals surface area (Å²) in [6.07, 6.45) is 1.66. The van der Waals surface area contributed by atoms with E-state index in [0.717, 1.165) is 12.8 Å². The fourth-order valence-electron chi connectivity index (χ4n) is 3.88. The van der Waals surface area contributed by atoms with Crippen molar-refractivity contribution < 1.29 is 14.4 Å². The molecule has 0 saturated carbocycles. The second-order valence-electron chi connectivity index (χ2n) is 7.94. The van der Waals surface area contributed by atoms with E-state index in [1.807, 2.05) is 24.3 Å². The van der Waals surface area contributed by atoms with Crippen LogP contribution in [0.1, 0.15) is 41.6 Å². The van der Waals surface area contributed by atoms with Crippen LogP contribution in [0.2, 0.25) is 5.02 Å². The number of carbonyl (C=O) groups excluding carboxylic acids is 3. The number of carbonyl (C=O) groups is 3. The number of hydrogen-bond acceptors (Lipinski definition) is 3. The second-order valence-corrected chi connectivity index (χ2v) is 8.38. The zero-order valence-electron chi connectivity index (χ0n) is 17.9. The molecular formula is C24H27ClN4O3. The van der Waals surface area contributed by atoms with Gasteiger partial charge >= 0.3 is 6.03 Å². The maximum Gasteiger partial charge on any atom is 0.316 e. The Morgan fingerprint density at radius 2 is 1.72 bits per heavy atom. The molecule has 0 unspecified atom stereocenters. The lowest BCUT2D eigenvalue weighted by molar-refractivity contribution is -0.133. The van der Waals surface area contributed by atoms with Gasteiger partial charge in [0.1, 0.15) is 6.04 Å². The summed E-state index contributed by atoms with van der Waals surface area (Å²) >= 11 is 5.98. The van der Waals surface area contributed by atoms with Crippen molar-refractivity contribution in [2.24, 2.45) is 5.73 Å².